The van der Waals surface area contributed by atoms with E-state index in [9.17, 15) is 14.0 Å². The van der Waals surface area contributed by atoms with E-state index >= 15 is 0 Å². The van der Waals surface area contributed by atoms with E-state index in [1.807, 2.05) is 12.1 Å². The van der Waals surface area contributed by atoms with E-state index < -0.39 is 0 Å². The molecule has 1 saturated carbocycles. The molecule has 2 aliphatic rings. The molecular formula is C22H21FO3. The Morgan fingerprint density at radius 1 is 1.15 bits per heavy atom. The number of Topliss-reactive ketones (excluding diaryl/α,β-unsaturated/α-hetero) is 2. The fraction of sp³-hybridized carbons (Fsp3) is 0.364. The van der Waals surface area contributed by atoms with Crippen LogP contribution in [0.3, 0.4) is 0 Å². The molecular weight excluding hydrogens is 331 g/mol. The van der Waals surface area contributed by atoms with Crippen molar-refractivity contribution in [2.45, 2.75) is 38.5 Å². The lowest BCUT2D eigenvalue weighted by atomic mass is 9.88. The van der Waals surface area contributed by atoms with Gasteiger partial charge < -0.3 is 4.74 Å². The van der Waals surface area contributed by atoms with Crippen LogP contribution in [0.1, 0.15) is 70.4 Å². The van der Waals surface area contributed by atoms with Gasteiger partial charge in [-0.05, 0) is 48.6 Å². The maximum atomic E-state index is 13.7. The van der Waals surface area contributed by atoms with Crippen LogP contribution >= 0.6 is 0 Å². The van der Waals surface area contributed by atoms with Crippen LogP contribution in [0.4, 0.5) is 4.39 Å². The van der Waals surface area contributed by atoms with Crippen LogP contribution in [0.25, 0.3) is 0 Å². The number of hydrogen-bond acceptors (Lipinski definition) is 3. The minimum absolute atomic E-state index is 0.0396. The van der Waals surface area contributed by atoms with Gasteiger partial charge in [-0.25, -0.2) is 4.39 Å². The number of ketones is 2. The Labute approximate surface area is 152 Å². The molecule has 0 saturated heterocycles. The third kappa shape index (κ3) is 3.16. The normalized spacial score (nSPS) is 18.3. The Bertz CT molecular complexity index is 883. The average molecular weight is 352 g/mol. The van der Waals surface area contributed by atoms with Gasteiger partial charge in [-0.2, -0.15) is 0 Å². The molecule has 1 unspecified atom stereocenters. The molecule has 2 aromatic rings. The molecule has 134 valence electrons. The van der Waals surface area contributed by atoms with E-state index in [1.54, 1.807) is 19.1 Å². The molecule has 0 N–H and O–H groups in total. The van der Waals surface area contributed by atoms with Gasteiger partial charge >= 0.3 is 0 Å². The number of hydrogen-bond donors (Lipinski definition) is 0. The molecule has 0 aromatic heterocycles. The zero-order valence-corrected chi connectivity index (χ0v) is 14.8. The molecule has 26 heavy (non-hydrogen) atoms. The van der Waals surface area contributed by atoms with Gasteiger partial charge in [0.05, 0.1) is 12.2 Å². The van der Waals surface area contributed by atoms with Crippen LogP contribution < -0.4 is 4.74 Å². The summed E-state index contributed by atoms with van der Waals surface area (Å²) in [4.78, 5) is 25.1. The summed E-state index contributed by atoms with van der Waals surface area (Å²) in [5, 5.41) is 0. The number of ether oxygens (including phenoxy) is 1. The molecule has 2 aromatic carbocycles. The van der Waals surface area contributed by atoms with Gasteiger partial charge in [0.2, 0.25) is 0 Å². The van der Waals surface area contributed by atoms with Gasteiger partial charge in [-0.3, -0.25) is 9.59 Å². The van der Waals surface area contributed by atoms with E-state index in [1.165, 1.54) is 12.1 Å². The fourth-order valence-corrected chi connectivity index (χ4v) is 3.59. The molecule has 0 spiro atoms. The number of fused-ring (bicyclic) bond motifs is 1. The van der Waals surface area contributed by atoms with Crippen LogP contribution in [-0.2, 0) is 0 Å². The zero-order valence-electron chi connectivity index (χ0n) is 14.8. The summed E-state index contributed by atoms with van der Waals surface area (Å²) in [6, 6.07) is 9.94. The first-order valence-electron chi connectivity index (χ1n) is 9.19. The molecule has 1 aliphatic heterocycles. The quantitative estimate of drug-likeness (QED) is 0.693. The molecule has 4 heteroatoms. The minimum Gasteiger partial charge on any atom is -0.492 e. The Kier molecular flexibility index (Phi) is 4.35. The third-order valence-electron chi connectivity index (χ3n) is 5.25. The van der Waals surface area contributed by atoms with Crippen molar-refractivity contribution in [3.8, 4) is 5.75 Å². The highest BCUT2D eigenvalue weighted by atomic mass is 19.1. The minimum atomic E-state index is -0.304. The molecule has 0 amide bonds. The molecule has 0 radical (unpaired) electrons. The SMILES string of the molecule is CCC(=O)c1cc(C(=O)CC2CC2)cc2c1OCC2c1cccc(F)c1. The fourth-order valence-electron chi connectivity index (χ4n) is 3.59. The van der Waals surface area contributed by atoms with Gasteiger partial charge in [0, 0.05) is 29.9 Å². The highest BCUT2D eigenvalue weighted by molar-refractivity contribution is 6.04. The van der Waals surface area contributed by atoms with Crippen LogP contribution in [-0.4, -0.2) is 18.2 Å². The van der Waals surface area contributed by atoms with E-state index in [0.29, 0.717) is 42.2 Å². The molecule has 1 fully saturated rings. The predicted octanol–water partition coefficient (Wildman–Crippen LogP) is 4.93. The standard InChI is InChI=1S/C22H21FO3/c1-2-20(24)18-11-15(21(25)8-13-6-7-13)10-17-19(12-26-22(17)18)14-4-3-5-16(23)9-14/h3-5,9-11,13,19H,2,6-8,12H2,1H3. The lowest BCUT2D eigenvalue weighted by Gasteiger charge is -2.12. The third-order valence-corrected chi connectivity index (χ3v) is 5.25. The molecule has 3 nitrogen and oxygen atoms in total. The zero-order chi connectivity index (χ0) is 18.3. The van der Waals surface area contributed by atoms with Gasteiger partial charge in [-0.1, -0.05) is 19.1 Å². The Morgan fingerprint density at radius 2 is 1.96 bits per heavy atom. The van der Waals surface area contributed by atoms with E-state index in [-0.39, 0.29) is 23.3 Å². The summed E-state index contributed by atoms with van der Waals surface area (Å²) in [5.41, 5.74) is 2.65. The topological polar surface area (TPSA) is 43.4 Å². The molecule has 1 aliphatic carbocycles. The Balaban J connectivity index is 1.78. The van der Waals surface area contributed by atoms with Crippen molar-refractivity contribution in [3.05, 3.63) is 64.5 Å². The Hall–Kier alpha value is -2.49. The monoisotopic (exact) mass is 352 g/mol. The van der Waals surface area contributed by atoms with Gasteiger partial charge in [-0.15, -0.1) is 0 Å². The van der Waals surface area contributed by atoms with Gasteiger partial charge in [0.25, 0.3) is 0 Å². The molecule has 1 atom stereocenters. The van der Waals surface area contributed by atoms with E-state index in [4.69, 9.17) is 4.74 Å². The van der Waals surface area contributed by atoms with Gasteiger partial charge in [0.15, 0.2) is 11.6 Å². The lowest BCUT2D eigenvalue weighted by molar-refractivity contribution is 0.0976. The van der Waals surface area contributed by atoms with E-state index in [0.717, 1.165) is 24.0 Å². The maximum absolute atomic E-state index is 13.7. The van der Waals surface area contributed by atoms with Crippen molar-refractivity contribution in [1.82, 2.24) is 0 Å². The first-order chi connectivity index (χ1) is 12.6. The Morgan fingerprint density at radius 3 is 2.65 bits per heavy atom. The highest BCUT2D eigenvalue weighted by Gasteiger charge is 2.32. The number of carbonyl (C=O) groups is 2. The summed E-state index contributed by atoms with van der Waals surface area (Å²) in [6.45, 7) is 2.15. The maximum Gasteiger partial charge on any atom is 0.166 e. The van der Waals surface area contributed by atoms with Crippen molar-refractivity contribution in [3.63, 3.8) is 0 Å². The number of halogens is 1. The molecule has 4 rings (SSSR count). The van der Waals surface area contributed by atoms with Gasteiger partial charge in [0.1, 0.15) is 11.6 Å². The van der Waals surface area contributed by atoms with Crippen LogP contribution in [0, 0.1) is 11.7 Å². The number of rotatable bonds is 6. The van der Waals surface area contributed by atoms with E-state index in [2.05, 4.69) is 0 Å². The van der Waals surface area contributed by atoms with Crippen LogP contribution in [0.2, 0.25) is 0 Å². The second-order valence-electron chi connectivity index (χ2n) is 7.21. The smallest absolute Gasteiger partial charge is 0.166 e. The number of carbonyl (C=O) groups excluding carboxylic acids is 2. The van der Waals surface area contributed by atoms with Crippen molar-refractivity contribution >= 4 is 11.6 Å². The summed E-state index contributed by atoms with van der Waals surface area (Å²) in [7, 11) is 0. The second-order valence-corrected chi connectivity index (χ2v) is 7.21. The second kappa shape index (κ2) is 6.67. The predicted molar refractivity (Wildman–Crippen MR) is 96.5 cm³/mol. The molecule has 1 heterocycles. The average Bonchev–Trinajstić information content (AvgIpc) is 3.35. The van der Waals surface area contributed by atoms with Crippen molar-refractivity contribution in [2.24, 2.45) is 5.92 Å². The summed E-state index contributed by atoms with van der Waals surface area (Å²) in [6.07, 6.45) is 3.09. The summed E-state index contributed by atoms with van der Waals surface area (Å²) in [5.74, 6) is 0.595. The van der Waals surface area contributed by atoms with Crippen molar-refractivity contribution in [2.75, 3.05) is 6.61 Å². The summed E-state index contributed by atoms with van der Waals surface area (Å²) >= 11 is 0. The first-order valence-corrected chi connectivity index (χ1v) is 9.19. The van der Waals surface area contributed by atoms with Crippen LogP contribution in [0.15, 0.2) is 36.4 Å². The largest absolute Gasteiger partial charge is 0.492 e. The van der Waals surface area contributed by atoms with Crippen LogP contribution in [0.5, 0.6) is 5.75 Å². The first kappa shape index (κ1) is 17.0. The lowest BCUT2D eigenvalue weighted by Crippen LogP contribution is -2.07. The number of benzene rings is 2. The summed E-state index contributed by atoms with van der Waals surface area (Å²) < 4.78 is 19.5. The van der Waals surface area contributed by atoms with Crippen molar-refractivity contribution in [1.29, 1.82) is 0 Å². The van der Waals surface area contributed by atoms with Crippen molar-refractivity contribution < 1.29 is 18.7 Å². The highest BCUT2D eigenvalue weighted by Crippen LogP contribution is 2.42. The molecule has 0 bridgehead atoms.